The first-order valence-corrected chi connectivity index (χ1v) is 15.4. The van der Waals surface area contributed by atoms with Gasteiger partial charge in [0, 0.05) is 0 Å². The summed E-state index contributed by atoms with van der Waals surface area (Å²) in [6.07, 6.45) is -0.0993. The lowest BCUT2D eigenvalue weighted by atomic mass is 9.80. The van der Waals surface area contributed by atoms with E-state index in [1.165, 1.54) is 0 Å². The zero-order valence-electron chi connectivity index (χ0n) is 20.6. The molecule has 4 rings (SSSR count). The van der Waals surface area contributed by atoms with Gasteiger partial charge in [-0.25, -0.2) is 4.18 Å². The van der Waals surface area contributed by atoms with Crippen LogP contribution >= 0.6 is 0 Å². The molecule has 1 saturated heterocycles. The van der Waals surface area contributed by atoms with Crippen molar-refractivity contribution in [2.45, 2.75) is 24.4 Å². The number of hydrogen-bond donors (Lipinski definition) is 0. The average molecular weight is 547 g/mol. The summed E-state index contributed by atoms with van der Waals surface area (Å²) in [5, 5.41) is 0. The van der Waals surface area contributed by atoms with Gasteiger partial charge in [0.15, 0.2) is 6.29 Å². The topological polar surface area (TPSA) is 105 Å². The molecule has 1 fully saturated rings. The van der Waals surface area contributed by atoms with Gasteiger partial charge in [-0.2, -0.15) is 16.8 Å². The van der Waals surface area contributed by atoms with E-state index in [0.29, 0.717) is 0 Å². The third-order valence-electron chi connectivity index (χ3n) is 6.11. The Hall–Kier alpha value is -2.60. The van der Waals surface area contributed by atoms with Crippen molar-refractivity contribution < 1.29 is 34.7 Å². The van der Waals surface area contributed by atoms with E-state index < -0.39 is 44.1 Å². The highest BCUT2D eigenvalue weighted by Gasteiger charge is 2.44. The van der Waals surface area contributed by atoms with Crippen molar-refractivity contribution in [3.63, 3.8) is 0 Å². The summed E-state index contributed by atoms with van der Waals surface area (Å²) < 4.78 is 71.1. The lowest BCUT2D eigenvalue weighted by Crippen LogP contribution is -2.48. The molecule has 1 aliphatic rings. The van der Waals surface area contributed by atoms with E-state index in [9.17, 15) is 16.8 Å². The molecule has 1 heterocycles. The van der Waals surface area contributed by atoms with Crippen molar-refractivity contribution in [2.75, 3.05) is 25.7 Å². The van der Waals surface area contributed by atoms with Gasteiger partial charge in [-0.15, -0.1) is 0 Å². The lowest BCUT2D eigenvalue weighted by Gasteiger charge is -2.40. The van der Waals surface area contributed by atoms with E-state index in [4.69, 9.17) is 17.8 Å². The fraction of sp³-hybridized carbons (Fsp3) is 0.333. The second-order valence-electron chi connectivity index (χ2n) is 8.92. The van der Waals surface area contributed by atoms with E-state index in [1.54, 1.807) is 0 Å². The molecule has 0 unspecified atom stereocenters. The van der Waals surface area contributed by atoms with Crippen LogP contribution in [0.25, 0.3) is 0 Å². The Bertz CT molecular complexity index is 1220. The van der Waals surface area contributed by atoms with Crippen LogP contribution in [0.1, 0.15) is 23.1 Å². The van der Waals surface area contributed by atoms with Crippen LogP contribution < -0.4 is 0 Å². The summed E-state index contributed by atoms with van der Waals surface area (Å²) in [4.78, 5) is 0. The maximum absolute atomic E-state index is 12.0. The Labute approximate surface area is 218 Å². The molecule has 0 radical (unpaired) electrons. The van der Waals surface area contributed by atoms with Gasteiger partial charge in [0.05, 0.1) is 37.7 Å². The minimum atomic E-state index is -3.92. The molecular formula is C27H30O8S2. The van der Waals surface area contributed by atoms with Crippen molar-refractivity contribution >= 4 is 20.2 Å². The fourth-order valence-electron chi connectivity index (χ4n) is 4.60. The summed E-state index contributed by atoms with van der Waals surface area (Å²) in [5.74, 6) is -0.867. The molecule has 0 amide bonds. The van der Waals surface area contributed by atoms with E-state index in [1.807, 2.05) is 91.0 Å². The monoisotopic (exact) mass is 546 g/mol. The molecule has 0 aliphatic carbocycles. The number of ether oxygens (including phenoxy) is 2. The molecule has 37 heavy (non-hydrogen) atoms. The quantitative estimate of drug-likeness (QED) is 0.280. The predicted molar refractivity (Wildman–Crippen MR) is 139 cm³/mol. The van der Waals surface area contributed by atoms with Crippen LogP contribution in [0.2, 0.25) is 0 Å². The Morgan fingerprint density at radius 3 is 1.57 bits per heavy atom. The Morgan fingerprint density at radius 1 is 0.730 bits per heavy atom. The third-order valence-corrected chi connectivity index (χ3v) is 7.25. The first-order chi connectivity index (χ1) is 17.6. The largest absolute Gasteiger partial charge is 0.360 e. The van der Waals surface area contributed by atoms with Crippen LogP contribution in [0.5, 0.6) is 0 Å². The van der Waals surface area contributed by atoms with Gasteiger partial charge in [0.25, 0.3) is 20.2 Å². The van der Waals surface area contributed by atoms with Gasteiger partial charge in [-0.3, -0.25) is 4.18 Å². The first kappa shape index (κ1) is 27.4. The highest BCUT2D eigenvalue weighted by molar-refractivity contribution is 7.86. The highest BCUT2D eigenvalue weighted by Crippen LogP contribution is 2.42. The van der Waals surface area contributed by atoms with Gasteiger partial charge in [0.2, 0.25) is 0 Å². The van der Waals surface area contributed by atoms with Gasteiger partial charge in [-0.1, -0.05) is 91.0 Å². The minimum Gasteiger partial charge on any atom is -0.360 e. The molecule has 3 atom stereocenters. The van der Waals surface area contributed by atoms with Crippen LogP contribution in [0.4, 0.5) is 0 Å². The second kappa shape index (κ2) is 11.4. The van der Waals surface area contributed by atoms with Crippen molar-refractivity contribution in [1.82, 2.24) is 0 Å². The zero-order chi connectivity index (χ0) is 26.5. The van der Waals surface area contributed by atoms with Crippen molar-refractivity contribution in [1.29, 1.82) is 0 Å². The van der Waals surface area contributed by atoms with Gasteiger partial charge >= 0.3 is 0 Å². The van der Waals surface area contributed by atoms with Crippen LogP contribution in [-0.2, 0) is 43.7 Å². The summed E-state index contributed by atoms with van der Waals surface area (Å²) in [5.41, 5.74) is 1.41. The SMILES string of the molecule is CS(=O)(=O)O[C@H]1OCC[C@@H](OS(C)(=O)=O)[C@H]1COC(c1ccccc1)(c1ccccc1)c1ccccc1. The Kier molecular flexibility index (Phi) is 8.47. The summed E-state index contributed by atoms with van der Waals surface area (Å²) in [6.45, 7) is -0.0584. The van der Waals surface area contributed by atoms with E-state index in [2.05, 4.69) is 0 Å². The molecule has 0 N–H and O–H groups in total. The molecule has 10 heteroatoms. The predicted octanol–water partition coefficient (Wildman–Crippen LogP) is 3.68. The van der Waals surface area contributed by atoms with Crippen LogP contribution in [0.15, 0.2) is 91.0 Å². The summed E-state index contributed by atoms with van der Waals surface area (Å²) in [6, 6.07) is 28.9. The number of benzene rings is 3. The van der Waals surface area contributed by atoms with E-state index >= 15 is 0 Å². The van der Waals surface area contributed by atoms with Crippen molar-refractivity contribution in [2.24, 2.45) is 5.92 Å². The van der Waals surface area contributed by atoms with Crippen LogP contribution in [0.3, 0.4) is 0 Å². The lowest BCUT2D eigenvalue weighted by molar-refractivity contribution is -0.192. The number of rotatable bonds is 10. The molecule has 0 spiro atoms. The van der Waals surface area contributed by atoms with Crippen molar-refractivity contribution in [3.05, 3.63) is 108 Å². The van der Waals surface area contributed by atoms with Gasteiger partial charge in [0.1, 0.15) is 5.60 Å². The maximum atomic E-state index is 12.0. The molecule has 0 saturated carbocycles. The average Bonchev–Trinajstić information content (AvgIpc) is 2.86. The molecule has 3 aromatic rings. The van der Waals surface area contributed by atoms with Crippen LogP contribution in [-0.4, -0.2) is 55.0 Å². The highest BCUT2D eigenvalue weighted by atomic mass is 32.2. The standard InChI is InChI=1S/C27H30O8S2/c1-36(28,29)34-25-18-19-32-26(35-37(2,30)31)24(25)20-33-27(21-12-6-3-7-13-21,22-14-8-4-9-15-22)23-16-10-5-11-17-23/h3-17,24-26H,18-20H2,1-2H3/t24-,25-,26-/m1/s1. The fourth-order valence-corrected chi connectivity index (χ4v) is 5.84. The first-order valence-electron chi connectivity index (χ1n) is 11.8. The molecule has 0 aromatic heterocycles. The smallest absolute Gasteiger partial charge is 0.266 e. The normalized spacial score (nSPS) is 21.0. The van der Waals surface area contributed by atoms with Gasteiger partial charge < -0.3 is 9.47 Å². The molecule has 198 valence electrons. The molecule has 3 aromatic carbocycles. The molecule has 1 aliphatic heterocycles. The molecular weight excluding hydrogens is 516 g/mol. The molecule has 8 nitrogen and oxygen atoms in total. The van der Waals surface area contributed by atoms with Crippen LogP contribution in [0, 0.1) is 5.92 Å². The van der Waals surface area contributed by atoms with Gasteiger partial charge in [-0.05, 0) is 23.1 Å². The Morgan fingerprint density at radius 2 is 1.16 bits per heavy atom. The number of hydrogen-bond acceptors (Lipinski definition) is 8. The molecule has 0 bridgehead atoms. The second-order valence-corrected chi connectivity index (χ2v) is 12.1. The van der Waals surface area contributed by atoms with E-state index in [0.717, 1.165) is 29.2 Å². The van der Waals surface area contributed by atoms with E-state index in [-0.39, 0.29) is 19.6 Å². The van der Waals surface area contributed by atoms with Crippen molar-refractivity contribution in [3.8, 4) is 0 Å². The summed E-state index contributed by atoms with van der Waals surface area (Å²) >= 11 is 0. The third kappa shape index (κ3) is 6.84. The zero-order valence-corrected chi connectivity index (χ0v) is 22.2. The summed E-state index contributed by atoms with van der Waals surface area (Å²) in [7, 11) is -7.77. The minimum absolute atomic E-state index is 0.0675. The Balaban J connectivity index is 1.81. The maximum Gasteiger partial charge on any atom is 0.266 e.